The zero-order chi connectivity index (χ0) is 22.3. The largest absolute Gasteiger partial charge is 0.484 e. The van der Waals surface area contributed by atoms with Gasteiger partial charge in [-0.2, -0.15) is 0 Å². The predicted octanol–water partition coefficient (Wildman–Crippen LogP) is 1.53. The van der Waals surface area contributed by atoms with E-state index >= 15 is 0 Å². The summed E-state index contributed by atoms with van der Waals surface area (Å²) in [7, 11) is 0. The number of rotatable bonds is 6. The Balaban J connectivity index is 1.89. The van der Waals surface area contributed by atoms with Crippen molar-refractivity contribution in [1.82, 2.24) is 16.2 Å². The second-order valence-electron chi connectivity index (χ2n) is 5.81. The van der Waals surface area contributed by atoms with Gasteiger partial charge in [0.25, 0.3) is 23.2 Å². The maximum atomic E-state index is 12.2. The van der Waals surface area contributed by atoms with Crippen molar-refractivity contribution in [2.75, 3.05) is 6.61 Å². The first kappa shape index (κ1) is 22.2. The molecule has 0 radical (unpaired) electrons. The molecule has 12 nitrogen and oxygen atoms in total. The number of amides is 2. The predicted molar refractivity (Wildman–Crippen MR) is 108 cm³/mol. The summed E-state index contributed by atoms with van der Waals surface area (Å²) >= 11 is 4.84. The smallest absolute Gasteiger partial charge is 0.277 e. The van der Waals surface area contributed by atoms with Crippen molar-refractivity contribution in [3.8, 4) is 5.75 Å². The Bertz CT molecular complexity index is 978. The zero-order valence-corrected chi connectivity index (χ0v) is 16.2. The van der Waals surface area contributed by atoms with Gasteiger partial charge in [0.05, 0.1) is 21.5 Å². The summed E-state index contributed by atoms with van der Waals surface area (Å²) in [6.45, 7) is 1.57. The van der Waals surface area contributed by atoms with E-state index in [0.717, 1.165) is 23.8 Å². The number of thiocarbonyl (C=S) groups is 1. The molecule has 156 valence electrons. The van der Waals surface area contributed by atoms with Gasteiger partial charge in [0, 0.05) is 12.1 Å². The molecule has 0 aliphatic heterocycles. The minimum Gasteiger partial charge on any atom is -0.484 e. The number of nitrogens with zero attached hydrogens (tertiary/aromatic N) is 2. The van der Waals surface area contributed by atoms with Crippen LogP contribution in [0.4, 0.5) is 11.4 Å². The van der Waals surface area contributed by atoms with Gasteiger partial charge in [-0.1, -0.05) is 17.7 Å². The number of benzene rings is 2. The van der Waals surface area contributed by atoms with E-state index in [4.69, 9.17) is 17.0 Å². The molecule has 2 aromatic carbocycles. The number of non-ortho nitro benzene ring substituents is 2. The Morgan fingerprint density at radius 3 is 2.10 bits per heavy atom. The van der Waals surface area contributed by atoms with E-state index in [-0.39, 0.29) is 17.3 Å². The number of nitrogens with one attached hydrogen (secondary N) is 3. The Hall–Kier alpha value is -4.13. The summed E-state index contributed by atoms with van der Waals surface area (Å²) in [6, 6.07) is 9.46. The lowest BCUT2D eigenvalue weighted by atomic mass is 10.1. The van der Waals surface area contributed by atoms with Gasteiger partial charge in [-0.05, 0) is 31.3 Å². The van der Waals surface area contributed by atoms with Crippen LogP contribution in [0.2, 0.25) is 0 Å². The average molecular weight is 433 g/mol. The molecule has 0 heterocycles. The van der Waals surface area contributed by atoms with Gasteiger partial charge in [-0.15, -0.1) is 0 Å². The van der Waals surface area contributed by atoms with E-state index in [0.29, 0.717) is 5.75 Å². The fourth-order valence-corrected chi connectivity index (χ4v) is 2.23. The van der Waals surface area contributed by atoms with Gasteiger partial charge in [0.2, 0.25) is 0 Å². The highest BCUT2D eigenvalue weighted by Crippen LogP contribution is 2.22. The average Bonchev–Trinajstić information content (AvgIpc) is 2.71. The summed E-state index contributed by atoms with van der Waals surface area (Å²) < 4.78 is 5.27. The van der Waals surface area contributed by atoms with Crippen LogP contribution in [0, 0.1) is 27.2 Å². The maximum Gasteiger partial charge on any atom is 0.277 e. The quantitative estimate of drug-likeness (QED) is 0.348. The van der Waals surface area contributed by atoms with Crippen LogP contribution in [0.25, 0.3) is 0 Å². The second kappa shape index (κ2) is 9.88. The third kappa shape index (κ3) is 6.49. The van der Waals surface area contributed by atoms with Crippen molar-refractivity contribution in [2.45, 2.75) is 6.92 Å². The topological polar surface area (TPSA) is 166 Å². The summed E-state index contributed by atoms with van der Waals surface area (Å²) in [5.74, 6) is -1.05. The molecule has 0 unspecified atom stereocenters. The third-order valence-electron chi connectivity index (χ3n) is 3.52. The number of nitro benzene ring substituents is 2. The maximum absolute atomic E-state index is 12.2. The minimum absolute atomic E-state index is 0.330. The molecule has 0 atom stereocenters. The second-order valence-corrected chi connectivity index (χ2v) is 6.22. The van der Waals surface area contributed by atoms with Gasteiger partial charge < -0.3 is 4.74 Å². The van der Waals surface area contributed by atoms with E-state index in [1.165, 1.54) is 0 Å². The zero-order valence-electron chi connectivity index (χ0n) is 15.4. The van der Waals surface area contributed by atoms with Gasteiger partial charge in [0.1, 0.15) is 5.75 Å². The fraction of sp³-hybridized carbons (Fsp3) is 0.118. The van der Waals surface area contributed by atoms with Crippen LogP contribution in [-0.4, -0.2) is 33.4 Å². The molecule has 30 heavy (non-hydrogen) atoms. The first-order chi connectivity index (χ1) is 14.2. The van der Waals surface area contributed by atoms with Crippen molar-refractivity contribution in [3.05, 3.63) is 73.8 Å². The molecule has 2 amide bonds. The number of carbonyl (C=O) groups excluding carboxylic acids is 2. The number of hydrogen-bond donors (Lipinski definition) is 3. The van der Waals surface area contributed by atoms with Crippen LogP contribution < -0.4 is 20.9 Å². The number of carbonyl (C=O) groups is 2. The highest BCUT2D eigenvalue weighted by Gasteiger charge is 2.20. The van der Waals surface area contributed by atoms with Crippen molar-refractivity contribution in [3.63, 3.8) is 0 Å². The lowest BCUT2D eigenvalue weighted by Crippen LogP contribution is -2.49. The molecule has 2 rings (SSSR count). The third-order valence-corrected chi connectivity index (χ3v) is 3.72. The van der Waals surface area contributed by atoms with Crippen LogP contribution >= 0.6 is 12.2 Å². The monoisotopic (exact) mass is 433 g/mol. The Kier molecular flexibility index (Phi) is 7.30. The Morgan fingerprint density at radius 2 is 1.57 bits per heavy atom. The van der Waals surface area contributed by atoms with Crippen LogP contribution in [0.15, 0.2) is 42.5 Å². The van der Waals surface area contributed by atoms with E-state index < -0.39 is 33.0 Å². The summed E-state index contributed by atoms with van der Waals surface area (Å²) in [5.41, 5.74) is 3.87. The molecule has 0 aliphatic carbocycles. The molecule has 13 heteroatoms. The SMILES string of the molecule is Cc1ccc(OCC(=O)NNC(=S)NC(=O)c2cc([N+](=O)[O-])cc([N+](=O)[O-])c2)cc1. The highest BCUT2D eigenvalue weighted by molar-refractivity contribution is 7.80. The lowest BCUT2D eigenvalue weighted by molar-refractivity contribution is -0.394. The number of hydrogen-bond acceptors (Lipinski definition) is 8. The first-order valence-electron chi connectivity index (χ1n) is 8.19. The van der Waals surface area contributed by atoms with Crippen molar-refractivity contribution < 1.29 is 24.2 Å². The number of hydrazine groups is 1. The number of ether oxygens (including phenoxy) is 1. The molecule has 0 bridgehead atoms. The minimum atomic E-state index is -0.940. The van der Waals surface area contributed by atoms with Crippen molar-refractivity contribution in [1.29, 1.82) is 0 Å². The molecule has 0 aliphatic rings. The van der Waals surface area contributed by atoms with Gasteiger partial charge >= 0.3 is 0 Å². The summed E-state index contributed by atoms with van der Waals surface area (Å²) in [6.07, 6.45) is 0. The van der Waals surface area contributed by atoms with E-state index in [2.05, 4.69) is 16.2 Å². The number of nitro groups is 2. The van der Waals surface area contributed by atoms with Crippen LogP contribution in [0.5, 0.6) is 5.75 Å². The van der Waals surface area contributed by atoms with Gasteiger partial charge in [-0.3, -0.25) is 46.0 Å². The molecule has 0 aromatic heterocycles. The van der Waals surface area contributed by atoms with Crippen molar-refractivity contribution >= 4 is 40.5 Å². The van der Waals surface area contributed by atoms with Gasteiger partial charge in [-0.25, -0.2) is 0 Å². The van der Waals surface area contributed by atoms with Crippen LogP contribution in [0.3, 0.4) is 0 Å². The summed E-state index contributed by atoms with van der Waals surface area (Å²) in [5, 5.41) is 23.6. The number of aryl methyl sites for hydroxylation is 1. The first-order valence-corrected chi connectivity index (χ1v) is 8.60. The molecule has 0 fully saturated rings. The van der Waals surface area contributed by atoms with E-state index in [1.54, 1.807) is 12.1 Å². The Labute approximate surface area is 174 Å². The molecule has 3 N–H and O–H groups in total. The van der Waals surface area contributed by atoms with E-state index in [9.17, 15) is 29.8 Å². The molecule has 0 spiro atoms. The Morgan fingerprint density at radius 1 is 1.00 bits per heavy atom. The lowest BCUT2D eigenvalue weighted by Gasteiger charge is -2.11. The molecular formula is C17H15N5O7S. The fourth-order valence-electron chi connectivity index (χ4n) is 2.09. The van der Waals surface area contributed by atoms with Gasteiger partial charge in [0.15, 0.2) is 11.7 Å². The molecule has 2 aromatic rings. The highest BCUT2D eigenvalue weighted by atomic mass is 32.1. The molecular weight excluding hydrogens is 418 g/mol. The van der Waals surface area contributed by atoms with Crippen LogP contribution in [-0.2, 0) is 4.79 Å². The normalized spacial score (nSPS) is 9.90. The summed E-state index contributed by atoms with van der Waals surface area (Å²) in [4.78, 5) is 44.0. The van der Waals surface area contributed by atoms with Crippen LogP contribution in [0.1, 0.15) is 15.9 Å². The van der Waals surface area contributed by atoms with Crippen molar-refractivity contribution in [2.24, 2.45) is 0 Å². The van der Waals surface area contributed by atoms with E-state index in [1.807, 2.05) is 19.1 Å². The molecule has 0 saturated carbocycles. The molecule has 0 saturated heterocycles. The standard InChI is InChI=1S/C17H15N5O7S/c1-10-2-4-14(5-3-10)29-9-15(23)19-20-17(30)18-16(24)11-6-12(21(25)26)8-13(7-11)22(27)28/h2-8H,9H2,1H3,(H,19,23)(H2,18,20,24,30).